The van der Waals surface area contributed by atoms with E-state index in [0.29, 0.717) is 25.9 Å². The average Bonchev–Trinajstić information content (AvgIpc) is 2.73. The van der Waals surface area contributed by atoms with Gasteiger partial charge in [-0.15, -0.1) is 0 Å². The molecule has 0 aromatic carbocycles. The van der Waals surface area contributed by atoms with Gasteiger partial charge in [-0.05, 0) is 51.9 Å². The van der Waals surface area contributed by atoms with Crippen molar-refractivity contribution in [2.45, 2.75) is 109 Å². The third-order valence-corrected chi connectivity index (χ3v) is 6.17. The van der Waals surface area contributed by atoms with Crippen molar-refractivity contribution in [1.82, 2.24) is 10.2 Å². The number of hydrogen-bond donors (Lipinski definition) is 4. The van der Waals surface area contributed by atoms with Crippen LogP contribution in [0.1, 0.15) is 104 Å². The van der Waals surface area contributed by atoms with E-state index in [9.17, 15) is 9.90 Å². The number of hydrogen-bond acceptors (Lipinski definition) is 5. The molecule has 0 unspecified atom stereocenters. The Morgan fingerprint density at radius 3 is 1.77 bits per heavy atom. The van der Waals surface area contributed by atoms with Gasteiger partial charge in [-0.25, -0.2) is 0 Å². The highest BCUT2D eigenvalue weighted by molar-refractivity contribution is 5.78. The van der Waals surface area contributed by atoms with Crippen molar-refractivity contribution in [2.75, 3.05) is 39.3 Å². The number of rotatable bonds is 23. The van der Waals surface area contributed by atoms with Crippen LogP contribution in [0, 0.1) is 0 Å². The monoisotopic (exact) mass is 428 g/mol. The molecule has 30 heavy (non-hydrogen) atoms. The smallest absolute Gasteiger partial charge is 0.324 e. The third kappa shape index (κ3) is 12.9. The maximum Gasteiger partial charge on any atom is 0.324 e. The van der Waals surface area contributed by atoms with E-state index >= 15 is 0 Å². The highest BCUT2D eigenvalue weighted by Gasteiger charge is 2.42. The van der Waals surface area contributed by atoms with Crippen LogP contribution < -0.4 is 16.8 Å². The van der Waals surface area contributed by atoms with Gasteiger partial charge >= 0.3 is 5.97 Å². The Bertz CT molecular complexity index is 387. The molecule has 0 saturated heterocycles. The summed E-state index contributed by atoms with van der Waals surface area (Å²) in [5, 5.41) is 13.6. The molecule has 0 aromatic heterocycles. The topological polar surface area (TPSA) is 105 Å². The molecule has 0 aliphatic carbocycles. The second kappa shape index (κ2) is 20.2. The van der Waals surface area contributed by atoms with Crippen LogP contribution in [0.25, 0.3) is 0 Å². The number of carboxylic acid groups (broad SMARTS) is 1. The van der Waals surface area contributed by atoms with E-state index in [2.05, 4.69) is 24.1 Å². The molecule has 0 saturated carbocycles. The Morgan fingerprint density at radius 2 is 1.27 bits per heavy atom. The van der Waals surface area contributed by atoms with Crippen molar-refractivity contribution < 1.29 is 9.90 Å². The maximum atomic E-state index is 12.3. The SMILES string of the molecule is CCCCCCCCNCCN(CCCCCCCC)C(CCN)(CCN)C(=O)O. The second-order valence-electron chi connectivity index (χ2n) is 8.69. The van der Waals surface area contributed by atoms with E-state index in [1.54, 1.807) is 0 Å². The van der Waals surface area contributed by atoms with Crippen LogP contribution in [0.15, 0.2) is 0 Å². The maximum absolute atomic E-state index is 12.3. The fraction of sp³-hybridized carbons (Fsp3) is 0.958. The normalized spacial score (nSPS) is 12.0. The molecule has 0 radical (unpaired) electrons. The predicted molar refractivity (Wildman–Crippen MR) is 129 cm³/mol. The van der Waals surface area contributed by atoms with E-state index in [-0.39, 0.29) is 0 Å². The summed E-state index contributed by atoms with van der Waals surface area (Å²) in [6.07, 6.45) is 15.8. The number of nitrogens with two attached hydrogens (primary N) is 2. The average molecular weight is 429 g/mol. The summed E-state index contributed by atoms with van der Waals surface area (Å²) in [7, 11) is 0. The Kier molecular flexibility index (Phi) is 19.8. The molecular formula is C24H52N4O2. The van der Waals surface area contributed by atoms with Crippen molar-refractivity contribution in [3.8, 4) is 0 Å². The molecular weight excluding hydrogens is 376 g/mol. The van der Waals surface area contributed by atoms with Crippen LogP contribution in [0.3, 0.4) is 0 Å². The zero-order valence-electron chi connectivity index (χ0n) is 20.1. The lowest BCUT2D eigenvalue weighted by Gasteiger charge is -2.41. The summed E-state index contributed by atoms with van der Waals surface area (Å²) < 4.78 is 0. The van der Waals surface area contributed by atoms with Gasteiger partial charge in [0.2, 0.25) is 0 Å². The molecule has 0 atom stereocenters. The van der Waals surface area contributed by atoms with Crippen molar-refractivity contribution >= 4 is 5.97 Å². The second-order valence-corrected chi connectivity index (χ2v) is 8.69. The lowest BCUT2D eigenvalue weighted by Crippen LogP contribution is -2.58. The molecule has 0 bridgehead atoms. The van der Waals surface area contributed by atoms with Gasteiger partial charge in [-0.1, -0.05) is 78.1 Å². The Labute approximate surface area is 186 Å². The number of unbranched alkanes of at least 4 members (excludes halogenated alkanes) is 10. The molecule has 0 amide bonds. The van der Waals surface area contributed by atoms with Crippen molar-refractivity contribution in [3.63, 3.8) is 0 Å². The van der Waals surface area contributed by atoms with Gasteiger partial charge in [0.25, 0.3) is 0 Å². The number of carbonyl (C=O) groups is 1. The van der Waals surface area contributed by atoms with Crippen LogP contribution in [0.5, 0.6) is 0 Å². The first kappa shape index (κ1) is 29.3. The first-order valence-corrected chi connectivity index (χ1v) is 12.7. The quantitative estimate of drug-likeness (QED) is 0.182. The van der Waals surface area contributed by atoms with E-state index in [0.717, 1.165) is 39.0 Å². The minimum atomic E-state index is -0.936. The molecule has 0 aliphatic rings. The van der Waals surface area contributed by atoms with Crippen LogP contribution in [-0.4, -0.2) is 60.8 Å². The Morgan fingerprint density at radius 1 is 0.767 bits per heavy atom. The number of nitrogens with zero attached hydrogens (tertiary/aromatic N) is 1. The molecule has 0 rings (SSSR count). The summed E-state index contributed by atoms with van der Waals surface area (Å²) in [6, 6.07) is 0. The van der Waals surface area contributed by atoms with Crippen molar-refractivity contribution in [3.05, 3.63) is 0 Å². The molecule has 0 aliphatic heterocycles. The molecule has 6 nitrogen and oxygen atoms in total. The minimum absolute atomic E-state index is 0.366. The highest BCUT2D eigenvalue weighted by atomic mass is 16.4. The Balaban J connectivity index is 4.63. The molecule has 0 spiro atoms. The van der Waals surface area contributed by atoms with E-state index < -0.39 is 11.5 Å². The third-order valence-electron chi connectivity index (χ3n) is 6.17. The molecule has 6 heteroatoms. The van der Waals surface area contributed by atoms with Crippen molar-refractivity contribution in [2.24, 2.45) is 11.5 Å². The van der Waals surface area contributed by atoms with Gasteiger partial charge in [0.05, 0.1) is 0 Å². The van der Waals surface area contributed by atoms with Gasteiger partial charge < -0.3 is 21.9 Å². The predicted octanol–water partition coefficient (Wildman–Crippen LogP) is 4.12. The fourth-order valence-corrected chi connectivity index (χ4v) is 4.26. The van der Waals surface area contributed by atoms with Crippen LogP contribution in [0.4, 0.5) is 0 Å². The van der Waals surface area contributed by atoms with Crippen LogP contribution in [-0.2, 0) is 4.79 Å². The summed E-state index contributed by atoms with van der Waals surface area (Å²) in [6.45, 7) is 8.55. The zero-order chi connectivity index (χ0) is 22.5. The van der Waals surface area contributed by atoms with Gasteiger partial charge in [0.1, 0.15) is 5.54 Å². The highest BCUT2D eigenvalue weighted by Crippen LogP contribution is 2.25. The molecule has 180 valence electrons. The summed E-state index contributed by atoms with van der Waals surface area (Å²) in [5.41, 5.74) is 10.7. The lowest BCUT2D eigenvalue weighted by molar-refractivity contribution is -0.153. The van der Waals surface area contributed by atoms with Gasteiger partial charge in [0, 0.05) is 13.1 Å². The Hall–Kier alpha value is -0.690. The van der Waals surface area contributed by atoms with Gasteiger partial charge in [0.15, 0.2) is 0 Å². The number of nitrogens with one attached hydrogen (secondary N) is 1. The fourth-order valence-electron chi connectivity index (χ4n) is 4.26. The van der Waals surface area contributed by atoms with Crippen LogP contribution >= 0.6 is 0 Å². The summed E-state index contributed by atoms with van der Waals surface area (Å²) in [5.74, 6) is -0.777. The molecule has 0 aromatic rings. The number of carboxylic acids is 1. The van der Waals surface area contributed by atoms with E-state index in [1.807, 2.05) is 0 Å². The summed E-state index contributed by atoms with van der Waals surface area (Å²) >= 11 is 0. The number of aliphatic carboxylic acids is 1. The lowest BCUT2D eigenvalue weighted by atomic mass is 9.88. The minimum Gasteiger partial charge on any atom is -0.480 e. The summed E-state index contributed by atoms with van der Waals surface area (Å²) in [4.78, 5) is 14.5. The van der Waals surface area contributed by atoms with Crippen molar-refractivity contribution in [1.29, 1.82) is 0 Å². The van der Waals surface area contributed by atoms with Gasteiger partial charge in [-0.2, -0.15) is 0 Å². The van der Waals surface area contributed by atoms with E-state index in [1.165, 1.54) is 64.2 Å². The zero-order valence-corrected chi connectivity index (χ0v) is 20.1. The van der Waals surface area contributed by atoms with Crippen LogP contribution in [0.2, 0.25) is 0 Å². The first-order valence-electron chi connectivity index (χ1n) is 12.7. The molecule has 0 fully saturated rings. The van der Waals surface area contributed by atoms with E-state index in [4.69, 9.17) is 11.5 Å². The largest absolute Gasteiger partial charge is 0.480 e. The van der Waals surface area contributed by atoms with Gasteiger partial charge in [-0.3, -0.25) is 9.69 Å². The molecule has 6 N–H and O–H groups in total. The standard InChI is InChI=1S/C24H52N4O2/c1-3-5-7-9-11-13-19-27-20-22-28(21-14-12-10-8-6-4-2)24(15-17-25,16-18-26)23(29)30/h27H,3-22,25-26H2,1-2H3,(H,29,30). The molecule has 0 heterocycles. The first-order chi connectivity index (χ1) is 14.6.